The molecule has 3 rings (SSSR count). The Morgan fingerprint density at radius 1 is 1.22 bits per heavy atom. The first kappa shape index (κ1) is 28.4. The van der Waals surface area contributed by atoms with Crippen LogP contribution in [-0.2, 0) is 21.2 Å². The van der Waals surface area contributed by atoms with Crippen molar-refractivity contribution in [3.8, 4) is 10.4 Å². The van der Waals surface area contributed by atoms with E-state index in [0.717, 1.165) is 54.8 Å². The van der Waals surface area contributed by atoms with Crippen LogP contribution in [0.25, 0.3) is 10.4 Å². The number of benzene rings is 1. The summed E-state index contributed by atoms with van der Waals surface area (Å²) in [5.41, 5.74) is 6.06. The Balaban J connectivity index is 1.73. The van der Waals surface area contributed by atoms with E-state index in [-0.39, 0.29) is 22.6 Å². The Morgan fingerprint density at radius 3 is 2.56 bits per heavy atom. The van der Waals surface area contributed by atoms with Gasteiger partial charge >= 0.3 is 6.09 Å². The molecule has 0 bridgehead atoms. The molecule has 4 N–H and O–H groups in total. The van der Waals surface area contributed by atoms with Gasteiger partial charge in [-0.25, -0.2) is 22.9 Å². The molecule has 200 valence electrons. The highest BCUT2D eigenvalue weighted by atomic mass is 32.2. The number of alkyl carbamates (subject to hydrolysis) is 1. The number of anilines is 1. The molecule has 0 aliphatic heterocycles. The van der Waals surface area contributed by atoms with Gasteiger partial charge in [-0.1, -0.05) is 25.3 Å². The van der Waals surface area contributed by atoms with Gasteiger partial charge in [-0.15, -0.1) is 11.3 Å². The maximum Gasteiger partial charge on any atom is 0.407 e. The molecule has 36 heavy (non-hydrogen) atoms. The summed E-state index contributed by atoms with van der Waals surface area (Å²) in [7, 11) is -3.77. The Morgan fingerprint density at radius 2 is 1.92 bits per heavy atom. The summed E-state index contributed by atoms with van der Waals surface area (Å²) in [4.78, 5) is 17.9. The van der Waals surface area contributed by atoms with Gasteiger partial charge in [0.2, 0.25) is 10.0 Å². The highest BCUT2D eigenvalue weighted by molar-refractivity contribution is 7.89. The predicted octanol–water partition coefficient (Wildman–Crippen LogP) is 5.63. The van der Waals surface area contributed by atoms with Gasteiger partial charge in [-0.3, -0.25) is 0 Å². The molecule has 1 aromatic carbocycles. The number of hydrogen-bond acceptors (Lipinski definition) is 7. The molecular formula is C26H40N4O4S2. The number of sulfonamides is 1. The third-order valence-electron chi connectivity index (χ3n) is 6.12. The van der Waals surface area contributed by atoms with Crippen LogP contribution in [0.15, 0.2) is 29.3 Å². The largest absolute Gasteiger partial charge is 0.447 e. The van der Waals surface area contributed by atoms with Gasteiger partial charge in [0.15, 0.2) is 0 Å². The second kappa shape index (κ2) is 11.5. The van der Waals surface area contributed by atoms with E-state index in [1.807, 2.05) is 13.8 Å². The van der Waals surface area contributed by atoms with Crippen molar-refractivity contribution in [1.29, 1.82) is 0 Å². The lowest BCUT2D eigenvalue weighted by Crippen LogP contribution is -2.50. The van der Waals surface area contributed by atoms with Gasteiger partial charge < -0.3 is 15.8 Å². The van der Waals surface area contributed by atoms with E-state index in [4.69, 9.17) is 10.5 Å². The molecule has 8 nitrogen and oxygen atoms in total. The number of nitrogens with one attached hydrogen (secondary N) is 2. The molecule has 0 radical (unpaired) electrons. The molecule has 2 aromatic rings. The van der Waals surface area contributed by atoms with Crippen LogP contribution >= 0.6 is 11.3 Å². The van der Waals surface area contributed by atoms with Crippen molar-refractivity contribution < 1.29 is 17.9 Å². The maximum atomic E-state index is 13.1. The Kier molecular flexibility index (Phi) is 9.06. The predicted molar refractivity (Wildman–Crippen MR) is 146 cm³/mol. The summed E-state index contributed by atoms with van der Waals surface area (Å²) in [5.74, 6) is 0. The Hall–Kier alpha value is -2.17. The second-order valence-electron chi connectivity index (χ2n) is 11.0. The lowest BCUT2D eigenvalue weighted by atomic mass is 9.78. The molecule has 10 heteroatoms. The number of nitrogens with two attached hydrogens (primary N) is 1. The summed E-state index contributed by atoms with van der Waals surface area (Å²) in [6.07, 6.45) is 9.01. The van der Waals surface area contributed by atoms with Crippen LogP contribution in [0.1, 0.15) is 84.6 Å². The van der Waals surface area contributed by atoms with Crippen LogP contribution in [0.4, 0.5) is 10.5 Å². The summed E-state index contributed by atoms with van der Waals surface area (Å²) < 4.78 is 34.3. The Labute approximate surface area is 219 Å². The van der Waals surface area contributed by atoms with Gasteiger partial charge in [-0.05, 0) is 78.9 Å². The van der Waals surface area contributed by atoms with E-state index < -0.39 is 15.6 Å². The van der Waals surface area contributed by atoms with Crippen molar-refractivity contribution in [3.05, 3.63) is 29.4 Å². The third kappa shape index (κ3) is 7.91. The molecule has 0 spiro atoms. The highest BCUT2D eigenvalue weighted by Gasteiger charge is 2.34. The molecule has 0 atom stereocenters. The quantitative estimate of drug-likeness (QED) is 0.357. The van der Waals surface area contributed by atoms with Gasteiger partial charge in [0.1, 0.15) is 0 Å². The van der Waals surface area contributed by atoms with Gasteiger partial charge in [-0.2, -0.15) is 0 Å². The highest BCUT2D eigenvalue weighted by Crippen LogP contribution is 2.36. The summed E-state index contributed by atoms with van der Waals surface area (Å²) in [6.45, 7) is 9.11. The summed E-state index contributed by atoms with van der Waals surface area (Å²) in [6, 6.07) is 4.95. The van der Waals surface area contributed by atoms with Gasteiger partial charge in [0, 0.05) is 28.5 Å². The smallest absolute Gasteiger partial charge is 0.407 e. The molecule has 1 aromatic heterocycles. The maximum absolute atomic E-state index is 13.1. The van der Waals surface area contributed by atoms with E-state index in [0.29, 0.717) is 11.3 Å². The van der Waals surface area contributed by atoms with E-state index in [9.17, 15) is 13.2 Å². The van der Waals surface area contributed by atoms with Crippen LogP contribution in [-0.4, -0.2) is 36.7 Å². The number of aryl methyl sites for hydroxylation is 1. The summed E-state index contributed by atoms with van der Waals surface area (Å²) >= 11 is 1.49. The third-order valence-corrected chi connectivity index (χ3v) is 9.01. The fourth-order valence-electron chi connectivity index (χ4n) is 4.68. The lowest BCUT2D eigenvalue weighted by Gasteiger charge is -2.38. The molecule has 1 heterocycles. The van der Waals surface area contributed by atoms with Crippen LogP contribution in [0.2, 0.25) is 0 Å². The molecule has 1 amide bonds. The van der Waals surface area contributed by atoms with E-state index in [2.05, 4.69) is 15.0 Å². The summed E-state index contributed by atoms with van der Waals surface area (Å²) in [5, 5.41) is 4.10. The van der Waals surface area contributed by atoms with Crippen molar-refractivity contribution in [2.75, 3.05) is 5.73 Å². The first-order valence-electron chi connectivity index (χ1n) is 12.7. The van der Waals surface area contributed by atoms with E-state index in [1.54, 1.807) is 39.1 Å². The number of hydrogen-bond donors (Lipinski definition) is 3. The van der Waals surface area contributed by atoms with Crippen molar-refractivity contribution in [3.63, 3.8) is 0 Å². The van der Waals surface area contributed by atoms with Crippen molar-refractivity contribution in [2.24, 2.45) is 0 Å². The standard InChI is InChI=1S/C26H40N4O4S2/c1-18(2)34-24(31)29-26(13-7-6-8-14-26)15-9-10-23-28-17-21(35-23)20-12-11-19(27)16-22(20)36(32,33)30-25(3,4)5/h11-12,16-18,30H,6-10,13-15,27H2,1-5H3,(H,29,31). The zero-order valence-corrected chi connectivity index (χ0v) is 23.7. The van der Waals surface area contributed by atoms with E-state index in [1.165, 1.54) is 23.8 Å². The molecule has 1 aliphatic rings. The zero-order valence-electron chi connectivity index (χ0n) is 22.0. The minimum absolute atomic E-state index is 0.153. The number of rotatable bonds is 9. The fourth-order valence-corrected chi connectivity index (χ4v) is 7.42. The van der Waals surface area contributed by atoms with Crippen molar-refractivity contribution >= 4 is 33.1 Å². The number of ether oxygens (including phenoxy) is 1. The number of thiazole rings is 1. The first-order valence-corrected chi connectivity index (χ1v) is 15.0. The molecule has 1 saturated carbocycles. The Bertz CT molecular complexity index is 1150. The average Bonchev–Trinajstić information content (AvgIpc) is 3.20. The van der Waals surface area contributed by atoms with Crippen LogP contribution in [0.5, 0.6) is 0 Å². The number of aromatic nitrogens is 1. The van der Waals surface area contributed by atoms with Crippen LogP contribution in [0, 0.1) is 0 Å². The van der Waals surface area contributed by atoms with E-state index >= 15 is 0 Å². The minimum atomic E-state index is -3.77. The van der Waals surface area contributed by atoms with Crippen molar-refractivity contribution in [1.82, 2.24) is 15.0 Å². The molecule has 0 saturated heterocycles. The molecular weight excluding hydrogens is 496 g/mol. The minimum Gasteiger partial charge on any atom is -0.447 e. The molecule has 1 aliphatic carbocycles. The number of carbonyl (C=O) groups is 1. The van der Waals surface area contributed by atoms with Gasteiger partial charge in [0.05, 0.1) is 20.9 Å². The number of nitrogen functional groups attached to an aromatic ring is 1. The first-order chi connectivity index (χ1) is 16.8. The monoisotopic (exact) mass is 536 g/mol. The van der Waals surface area contributed by atoms with Crippen LogP contribution < -0.4 is 15.8 Å². The van der Waals surface area contributed by atoms with Crippen LogP contribution in [0.3, 0.4) is 0 Å². The second-order valence-corrected chi connectivity index (χ2v) is 13.8. The van der Waals surface area contributed by atoms with Gasteiger partial charge in [0.25, 0.3) is 0 Å². The number of amides is 1. The average molecular weight is 537 g/mol. The number of carbonyl (C=O) groups excluding carboxylic acids is 1. The topological polar surface area (TPSA) is 123 Å². The zero-order chi connectivity index (χ0) is 26.6. The fraction of sp³-hybridized carbons (Fsp3) is 0.615. The lowest BCUT2D eigenvalue weighted by molar-refractivity contribution is 0.0950. The SMILES string of the molecule is CC(C)OC(=O)NC1(CCCc2ncc(-c3ccc(N)cc3S(=O)(=O)NC(C)(C)C)s2)CCCCC1. The number of nitrogens with zero attached hydrogens (tertiary/aromatic N) is 1. The molecule has 1 fully saturated rings. The molecule has 0 unspecified atom stereocenters. The van der Waals surface area contributed by atoms with Crippen molar-refractivity contribution in [2.45, 2.75) is 108 Å². The normalized spacial score (nSPS) is 16.2.